The van der Waals surface area contributed by atoms with Crippen LogP contribution >= 0.6 is 0 Å². The molecular weight excluding hydrogens is 360 g/mol. The van der Waals surface area contributed by atoms with E-state index in [9.17, 15) is 0 Å². The lowest BCUT2D eigenvalue weighted by atomic mass is 9.96. The van der Waals surface area contributed by atoms with Crippen LogP contribution in [-0.4, -0.2) is 0 Å². The van der Waals surface area contributed by atoms with Crippen LogP contribution in [0.5, 0.6) is 0 Å². The third kappa shape index (κ3) is 25.8. The fourth-order valence-corrected chi connectivity index (χ4v) is 4.46. The highest BCUT2D eigenvalue weighted by Gasteiger charge is 2.01. The molecule has 30 heavy (non-hydrogen) atoms. The molecule has 0 aromatic carbocycles. The molecule has 0 aliphatic carbocycles. The Kier molecular flexibility index (Phi) is 26.5. The zero-order chi connectivity index (χ0) is 22.0. The molecule has 1 unspecified atom stereocenters. The van der Waals surface area contributed by atoms with Crippen LogP contribution in [0.2, 0.25) is 0 Å². The molecule has 0 aromatic rings. The van der Waals surface area contributed by atoms with Crippen molar-refractivity contribution in [1.82, 2.24) is 0 Å². The average Bonchev–Trinajstić information content (AvgIpc) is 2.75. The molecule has 0 spiro atoms. The summed E-state index contributed by atoms with van der Waals surface area (Å²) in [6, 6.07) is 0. The molecule has 0 rings (SSSR count). The lowest BCUT2D eigenvalue weighted by molar-refractivity contribution is 0.437. The first-order valence-electron chi connectivity index (χ1n) is 14.0. The minimum absolute atomic E-state index is 0.938. The van der Waals surface area contributed by atoms with Gasteiger partial charge in [-0.15, -0.1) is 0 Å². The third-order valence-corrected chi connectivity index (χ3v) is 6.60. The van der Waals surface area contributed by atoms with Crippen LogP contribution in [-0.2, 0) is 0 Å². The summed E-state index contributed by atoms with van der Waals surface area (Å²) in [4.78, 5) is 0. The lowest BCUT2D eigenvalue weighted by Crippen LogP contribution is -1.94. The van der Waals surface area contributed by atoms with Crippen molar-refractivity contribution in [2.75, 3.05) is 0 Å². The Balaban J connectivity index is 3.07. The van der Waals surface area contributed by atoms with E-state index in [2.05, 4.69) is 32.9 Å². The molecule has 0 heteroatoms. The Morgan fingerprint density at radius 2 is 0.833 bits per heavy atom. The summed E-state index contributed by atoms with van der Waals surface area (Å²) >= 11 is 0. The first-order valence-corrected chi connectivity index (χ1v) is 14.0. The van der Waals surface area contributed by atoms with Gasteiger partial charge in [0, 0.05) is 0 Å². The zero-order valence-electron chi connectivity index (χ0n) is 21.1. The molecule has 0 N–H and O–H groups in total. The Morgan fingerprint density at radius 1 is 0.467 bits per heavy atom. The maximum absolute atomic E-state index is 3.94. The molecule has 0 heterocycles. The standard InChI is InChI=1S/C30H58/c1-4-6-8-9-10-11-12-13-14-15-16-17-18-19-20-21-22-23-24-25-27-29-30(3)28-26-7-5-2/h6,8,30H,1-2,4-5,7,9-29H2,3H3. The lowest BCUT2D eigenvalue weighted by Gasteiger charge is -2.10. The van der Waals surface area contributed by atoms with E-state index in [0.717, 1.165) is 18.8 Å². The summed E-state index contributed by atoms with van der Waals surface area (Å²) in [7, 11) is 0. The smallest absolute Gasteiger partial charge is 0.0351 e. The van der Waals surface area contributed by atoms with E-state index in [4.69, 9.17) is 0 Å². The van der Waals surface area contributed by atoms with Gasteiger partial charge in [0.25, 0.3) is 0 Å². The van der Waals surface area contributed by atoms with Crippen molar-refractivity contribution in [1.29, 1.82) is 0 Å². The van der Waals surface area contributed by atoms with Gasteiger partial charge < -0.3 is 0 Å². The summed E-state index contributed by atoms with van der Waals surface area (Å²) in [5.41, 5.74) is 0. The number of allylic oxidation sites excluding steroid dienone is 2. The Labute approximate surface area is 193 Å². The van der Waals surface area contributed by atoms with Gasteiger partial charge in [0.2, 0.25) is 0 Å². The second-order valence-electron chi connectivity index (χ2n) is 9.80. The number of hydrogen-bond acceptors (Lipinski definition) is 0. The van der Waals surface area contributed by atoms with Gasteiger partial charge in [0.05, 0.1) is 0 Å². The van der Waals surface area contributed by atoms with E-state index in [1.807, 2.05) is 0 Å². The average molecular weight is 419 g/mol. The van der Waals surface area contributed by atoms with Crippen molar-refractivity contribution in [3.63, 3.8) is 0 Å². The Bertz CT molecular complexity index is 316. The third-order valence-electron chi connectivity index (χ3n) is 6.60. The fourth-order valence-electron chi connectivity index (χ4n) is 4.46. The largest absolute Gasteiger partial charge is 0.0885 e. The van der Waals surface area contributed by atoms with Gasteiger partial charge in [-0.05, 0) is 32.1 Å². The van der Waals surface area contributed by atoms with Crippen molar-refractivity contribution in [3.8, 4) is 0 Å². The topological polar surface area (TPSA) is 0 Å². The maximum atomic E-state index is 3.94. The quantitative estimate of drug-likeness (QED) is 0.102. The SMILES string of the molecule is [CH2]CC=CCCCCCCCCCCCCCCCCCCCC(C)CCCC[CH2]. The molecule has 0 saturated carbocycles. The molecule has 1 atom stereocenters. The van der Waals surface area contributed by atoms with Crippen LogP contribution in [0, 0.1) is 19.8 Å². The molecule has 0 aromatic heterocycles. The van der Waals surface area contributed by atoms with Crippen LogP contribution in [0.25, 0.3) is 0 Å². The van der Waals surface area contributed by atoms with E-state index in [1.54, 1.807) is 0 Å². The molecule has 0 aliphatic heterocycles. The molecule has 0 amide bonds. The predicted molar refractivity (Wildman–Crippen MR) is 140 cm³/mol. The van der Waals surface area contributed by atoms with Crippen molar-refractivity contribution in [3.05, 3.63) is 26.0 Å². The number of unbranched alkanes of at least 4 members (excludes halogenated alkanes) is 19. The second kappa shape index (κ2) is 26.8. The Hall–Kier alpha value is -0.260. The van der Waals surface area contributed by atoms with Crippen LogP contribution in [0.4, 0.5) is 0 Å². The molecule has 2 radical (unpaired) electrons. The first-order chi connectivity index (χ1) is 14.8. The molecule has 0 fully saturated rings. The van der Waals surface area contributed by atoms with Gasteiger partial charge in [-0.2, -0.15) is 0 Å². The van der Waals surface area contributed by atoms with Gasteiger partial charge >= 0.3 is 0 Å². The molecular formula is C30H58. The van der Waals surface area contributed by atoms with Crippen molar-refractivity contribution < 1.29 is 0 Å². The van der Waals surface area contributed by atoms with E-state index in [-0.39, 0.29) is 0 Å². The van der Waals surface area contributed by atoms with E-state index in [0.29, 0.717) is 0 Å². The first kappa shape index (κ1) is 29.7. The van der Waals surface area contributed by atoms with Crippen LogP contribution < -0.4 is 0 Å². The maximum Gasteiger partial charge on any atom is -0.0351 e. The van der Waals surface area contributed by atoms with Crippen molar-refractivity contribution in [2.45, 2.75) is 161 Å². The highest BCUT2D eigenvalue weighted by molar-refractivity contribution is 4.81. The molecule has 0 bridgehead atoms. The van der Waals surface area contributed by atoms with Gasteiger partial charge in [-0.25, -0.2) is 0 Å². The molecule has 0 nitrogen and oxygen atoms in total. The second-order valence-corrected chi connectivity index (χ2v) is 9.80. The van der Waals surface area contributed by atoms with Crippen LogP contribution in [0.1, 0.15) is 161 Å². The minimum Gasteiger partial charge on any atom is -0.0885 e. The summed E-state index contributed by atoms with van der Waals surface area (Å²) < 4.78 is 0. The van der Waals surface area contributed by atoms with E-state index >= 15 is 0 Å². The monoisotopic (exact) mass is 418 g/mol. The summed E-state index contributed by atoms with van der Waals surface area (Å²) in [6.07, 6.45) is 38.2. The number of hydrogen-bond donors (Lipinski definition) is 0. The van der Waals surface area contributed by atoms with E-state index < -0.39 is 0 Å². The highest BCUT2D eigenvalue weighted by atomic mass is 14.1. The highest BCUT2D eigenvalue weighted by Crippen LogP contribution is 2.18. The normalized spacial score (nSPS) is 12.8. The van der Waals surface area contributed by atoms with Gasteiger partial charge in [0.15, 0.2) is 0 Å². The number of rotatable bonds is 25. The van der Waals surface area contributed by atoms with E-state index in [1.165, 1.54) is 141 Å². The van der Waals surface area contributed by atoms with Crippen molar-refractivity contribution in [2.24, 2.45) is 5.92 Å². The molecule has 0 saturated heterocycles. The minimum atomic E-state index is 0.938. The van der Waals surface area contributed by atoms with Gasteiger partial charge in [-0.1, -0.05) is 161 Å². The predicted octanol–water partition coefficient (Wildman–Crippen LogP) is 11.2. The fraction of sp³-hybridized carbons (Fsp3) is 0.867. The zero-order valence-corrected chi connectivity index (χ0v) is 21.1. The summed E-state index contributed by atoms with van der Waals surface area (Å²) in [5, 5.41) is 0. The summed E-state index contributed by atoms with van der Waals surface area (Å²) in [6.45, 7) is 10.2. The van der Waals surface area contributed by atoms with Crippen LogP contribution in [0.15, 0.2) is 12.2 Å². The molecule has 0 aliphatic rings. The summed E-state index contributed by atoms with van der Waals surface area (Å²) in [5.74, 6) is 0.938. The molecule has 178 valence electrons. The van der Waals surface area contributed by atoms with Crippen LogP contribution in [0.3, 0.4) is 0 Å². The Morgan fingerprint density at radius 3 is 1.23 bits per heavy atom. The van der Waals surface area contributed by atoms with Gasteiger partial charge in [0.1, 0.15) is 0 Å². The van der Waals surface area contributed by atoms with Gasteiger partial charge in [-0.3, -0.25) is 0 Å². The van der Waals surface area contributed by atoms with Crippen molar-refractivity contribution >= 4 is 0 Å².